The molecule has 3 aliphatic rings. The second-order valence-corrected chi connectivity index (χ2v) is 12.6. The van der Waals surface area contributed by atoms with Crippen molar-refractivity contribution < 1.29 is 19.7 Å². The Morgan fingerprint density at radius 2 is 1.52 bits per heavy atom. The fourth-order valence-corrected chi connectivity index (χ4v) is 7.38. The van der Waals surface area contributed by atoms with Crippen molar-refractivity contribution in [2.24, 2.45) is 0 Å². The lowest BCUT2D eigenvalue weighted by Gasteiger charge is -2.41. The summed E-state index contributed by atoms with van der Waals surface area (Å²) in [4.78, 5) is 13.8. The first kappa shape index (κ1) is 29.5. The van der Waals surface area contributed by atoms with Crippen LogP contribution in [-0.2, 0) is 13.0 Å². The molecule has 4 aromatic rings. The number of benzene rings is 3. The van der Waals surface area contributed by atoms with E-state index in [1.165, 1.54) is 11.1 Å². The van der Waals surface area contributed by atoms with Crippen LogP contribution >= 0.6 is 23.2 Å². The molecule has 8 nitrogen and oxygen atoms in total. The number of ether oxygens (including phenoxy) is 2. The van der Waals surface area contributed by atoms with E-state index in [4.69, 9.17) is 37.7 Å². The molecule has 0 saturated carbocycles. The van der Waals surface area contributed by atoms with Crippen LogP contribution in [0, 0.1) is 0 Å². The maximum absolute atomic E-state index is 9.86. The van der Waals surface area contributed by atoms with Gasteiger partial charge < -0.3 is 19.7 Å². The first-order chi connectivity index (χ1) is 21.3. The van der Waals surface area contributed by atoms with Gasteiger partial charge in [0.05, 0.1) is 48.4 Å². The first-order valence-corrected chi connectivity index (χ1v) is 15.6. The number of halogens is 2. The lowest BCUT2D eigenvalue weighted by Crippen LogP contribution is -2.51. The number of rotatable bonds is 8. The zero-order valence-electron chi connectivity index (χ0n) is 24.6. The molecule has 3 aromatic carbocycles. The molecule has 1 aromatic heterocycles. The lowest BCUT2D eigenvalue weighted by atomic mass is 9.94. The summed E-state index contributed by atoms with van der Waals surface area (Å²) in [6.07, 6.45) is 3.14. The van der Waals surface area contributed by atoms with Crippen LogP contribution in [0.2, 0.25) is 10.0 Å². The van der Waals surface area contributed by atoms with Crippen molar-refractivity contribution in [2.75, 3.05) is 40.4 Å². The predicted octanol–water partition coefficient (Wildman–Crippen LogP) is 5.64. The Labute approximate surface area is 266 Å². The molecule has 0 bridgehead atoms. The molecule has 3 heterocycles. The Bertz CT molecular complexity index is 1720. The Kier molecular flexibility index (Phi) is 7.99. The summed E-state index contributed by atoms with van der Waals surface area (Å²) in [6.45, 7) is 3.19. The van der Waals surface area contributed by atoms with Gasteiger partial charge in [0.25, 0.3) is 0 Å². The van der Waals surface area contributed by atoms with Gasteiger partial charge in [0, 0.05) is 66.6 Å². The van der Waals surface area contributed by atoms with Crippen LogP contribution in [0.15, 0.2) is 54.7 Å². The first-order valence-electron chi connectivity index (χ1n) is 14.9. The Morgan fingerprint density at radius 3 is 2.18 bits per heavy atom. The SMILES string of the molecule is COc1cc(-c2cccc(-c3cccc(-c4cnc(CN5CC(O)C5)c(OC)n4)c3Cl)c2Cl)cc2c1[C@@H](N1CC(O)C1)CC2. The number of methoxy groups -OCH3 is 2. The average Bonchev–Trinajstić information content (AvgIpc) is 3.42. The number of aliphatic hydroxyl groups is 2. The Morgan fingerprint density at radius 1 is 0.864 bits per heavy atom. The second kappa shape index (κ2) is 11.9. The fraction of sp³-hybridized carbons (Fsp3) is 0.353. The number of β-amino-alcohol motifs (C(OH)–C–C–N with tert-alkyl or cyclic N) is 2. The van der Waals surface area contributed by atoms with Gasteiger partial charge in [0.2, 0.25) is 5.88 Å². The molecule has 2 aliphatic heterocycles. The molecule has 228 valence electrons. The average molecular weight is 634 g/mol. The molecular formula is C34H34Cl2N4O4. The molecule has 2 N–H and O–H groups in total. The highest BCUT2D eigenvalue weighted by atomic mass is 35.5. The van der Waals surface area contributed by atoms with Crippen molar-refractivity contribution in [1.82, 2.24) is 19.8 Å². The van der Waals surface area contributed by atoms with Crippen molar-refractivity contribution in [3.63, 3.8) is 0 Å². The van der Waals surface area contributed by atoms with Crippen molar-refractivity contribution in [3.05, 3.63) is 81.6 Å². The highest BCUT2D eigenvalue weighted by Crippen LogP contribution is 2.47. The van der Waals surface area contributed by atoms with E-state index in [-0.39, 0.29) is 18.2 Å². The number of aliphatic hydroxyl groups excluding tert-OH is 2. The number of fused-ring (bicyclic) bond motifs is 1. The van der Waals surface area contributed by atoms with E-state index in [2.05, 4.69) is 26.9 Å². The zero-order chi connectivity index (χ0) is 30.5. The van der Waals surface area contributed by atoms with E-state index in [0.29, 0.717) is 60.0 Å². The van der Waals surface area contributed by atoms with E-state index < -0.39 is 0 Å². The molecule has 10 heteroatoms. The smallest absolute Gasteiger partial charge is 0.237 e. The number of nitrogens with zero attached hydrogens (tertiary/aromatic N) is 4. The minimum Gasteiger partial charge on any atom is -0.496 e. The Hall–Kier alpha value is -3.24. The minimum atomic E-state index is -0.289. The predicted molar refractivity (Wildman–Crippen MR) is 171 cm³/mol. The third kappa shape index (κ3) is 5.23. The topological polar surface area (TPSA) is 91.2 Å². The normalized spacial score (nSPS) is 19.0. The van der Waals surface area contributed by atoms with Crippen LogP contribution in [0.25, 0.3) is 33.5 Å². The van der Waals surface area contributed by atoms with Crippen LogP contribution in [0.5, 0.6) is 11.6 Å². The molecule has 7 rings (SSSR count). The van der Waals surface area contributed by atoms with Crippen LogP contribution in [-0.4, -0.2) is 82.6 Å². The molecule has 44 heavy (non-hydrogen) atoms. The number of hydrogen-bond acceptors (Lipinski definition) is 8. The third-order valence-corrected chi connectivity index (χ3v) is 9.80. The van der Waals surface area contributed by atoms with Gasteiger partial charge in [0.1, 0.15) is 11.4 Å². The van der Waals surface area contributed by atoms with Gasteiger partial charge in [-0.3, -0.25) is 14.8 Å². The van der Waals surface area contributed by atoms with Crippen molar-refractivity contribution in [3.8, 4) is 45.1 Å². The summed E-state index contributed by atoms with van der Waals surface area (Å²) in [5.74, 6) is 1.28. The molecular weight excluding hydrogens is 599 g/mol. The fourth-order valence-electron chi connectivity index (χ4n) is 6.72. The third-order valence-electron chi connectivity index (χ3n) is 8.99. The summed E-state index contributed by atoms with van der Waals surface area (Å²) >= 11 is 14.2. The molecule has 2 saturated heterocycles. The van der Waals surface area contributed by atoms with Gasteiger partial charge in [-0.05, 0) is 30.0 Å². The van der Waals surface area contributed by atoms with Gasteiger partial charge in [0.15, 0.2) is 0 Å². The highest BCUT2D eigenvalue weighted by Gasteiger charge is 2.37. The number of aryl methyl sites for hydroxylation is 1. The van der Waals surface area contributed by atoms with Crippen LogP contribution < -0.4 is 9.47 Å². The van der Waals surface area contributed by atoms with Crippen LogP contribution in [0.1, 0.15) is 29.3 Å². The summed E-state index contributed by atoms with van der Waals surface area (Å²) in [7, 11) is 3.29. The van der Waals surface area contributed by atoms with Gasteiger partial charge >= 0.3 is 0 Å². The molecule has 0 amide bonds. The summed E-state index contributed by atoms with van der Waals surface area (Å²) in [5.41, 5.74) is 8.01. The van der Waals surface area contributed by atoms with Crippen molar-refractivity contribution >= 4 is 23.2 Å². The second-order valence-electron chi connectivity index (χ2n) is 11.8. The van der Waals surface area contributed by atoms with E-state index in [1.807, 2.05) is 36.4 Å². The lowest BCUT2D eigenvalue weighted by molar-refractivity contribution is -0.0255. The molecule has 0 unspecified atom stereocenters. The summed E-state index contributed by atoms with van der Waals surface area (Å²) in [6, 6.07) is 16.4. The maximum atomic E-state index is 9.86. The van der Waals surface area contributed by atoms with E-state index >= 15 is 0 Å². The largest absolute Gasteiger partial charge is 0.496 e. The number of hydrogen-bond donors (Lipinski definition) is 2. The van der Waals surface area contributed by atoms with E-state index in [0.717, 1.165) is 46.4 Å². The van der Waals surface area contributed by atoms with Gasteiger partial charge in [-0.1, -0.05) is 65.7 Å². The molecule has 1 aliphatic carbocycles. The molecule has 0 spiro atoms. The van der Waals surface area contributed by atoms with E-state index in [1.54, 1.807) is 20.4 Å². The van der Waals surface area contributed by atoms with Gasteiger partial charge in [-0.25, -0.2) is 4.98 Å². The van der Waals surface area contributed by atoms with Crippen molar-refractivity contribution in [2.45, 2.75) is 37.6 Å². The minimum absolute atomic E-state index is 0.240. The Balaban J connectivity index is 1.22. The zero-order valence-corrected chi connectivity index (χ0v) is 26.1. The van der Waals surface area contributed by atoms with E-state index in [9.17, 15) is 10.2 Å². The van der Waals surface area contributed by atoms with Gasteiger partial charge in [-0.15, -0.1) is 0 Å². The standard InChI is InChI=1S/C34H34Cl2N4O4/c1-43-30-12-20(11-19-9-10-29(31(19)30)40-16-22(42)17-40)23-5-3-6-24(32(23)35)25-7-4-8-26(33(25)36)27-13-37-28(34(38-27)44-2)18-39-14-21(41)15-39/h3-8,11-13,21-22,29,41-42H,9-10,14-18H2,1-2H3/t29-/m0/s1. The number of aromatic nitrogens is 2. The van der Waals surface area contributed by atoms with Crippen molar-refractivity contribution in [1.29, 1.82) is 0 Å². The van der Waals surface area contributed by atoms with Crippen LogP contribution in [0.4, 0.5) is 0 Å². The maximum Gasteiger partial charge on any atom is 0.237 e. The summed E-state index contributed by atoms with van der Waals surface area (Å²) in [5, 5.41) is 20.6. The monoisotopic (exact) mass is 632 g/mol. The molecule has 2 fully saturated rings. The quantitative estimate of drug-likeness (QED) is 0.258. The molecule has 1 atom stereocenters. The highest BCUT2D eigenvalue weighted by molar-refractivity contribution is 6.39. The van der Waals surface area contributed by atoms with Gasteiger partial charge in [-0.2, -0.15) is 0 Å². The van der Waals surface area contributed by atoms with Crippen LogP contribution in [0.3, 0.4) is 0 Å². The summed E-state index contributed by atoms with van der Waals surface area (Å²) < 4.78 is 11.5. The molecule has 0 radical (unpaired) electrons. The number of likely N-dealkylation sites (tertiary alicyclic amines) is 2.